The van der Waals surface area contributed by atoms with Gasteiger partial charge in [0.15, 0.2) is 0 Å². The Morgan fingerprint density at radius 2 is 2.30 bits per heavy atom. The maximum Gasteiger partial charge on any atom is 0.131 e. The lowest BCUT2D eigenvalue weighted by atomic mass is 10.1. The van der Waals surface area contributed by atoms with Crippen LogP contribution < -0.4 is 16.0 Å². The van der Waals surface area contributed by atoms with Gasteiger partial charge in [0, 0.05) is 23.4 Å². The molecule has 0 radical (unpaired) electrons. The van der Waals surface area contributed by atoms with Gasteiger partial charge < -0.3 is 9.30 Å². The molecular weight excluding hydrogens is 320 g/mol. The maximum atomic E-state index is 5.76. The Morgan fingerprint density at radius 3 is 2.95 bits per heavy atom. The molecule has 0 aliphatic carbocycles. The van der Waals surface area contributed by atoms with Crippen molar-refractivity contribution in [3.05, 3.63) is 46.5 Å². The van der Waals surface area contributed by atoms with E-state index in [2.05, 4.69) is 37.8 Å². The molecule has 0 amide bonds. The highest BCUT2D eigenvalue weighted by Crippen LogP contribution is 2.30. The van der Waals surface area contributed by atoms with Gasteiger partial charge in [-0.25, -0.2) is 10.4 Å². The molecule has 2 aromatic rings. The van der Waals surface area contributed by atoms with E-state index in [0.717, 1.165) is 34.6 Å². The lowest BCUT2D eigenvalue weighted by molar-refractivity contribution is 0.413. The van der Waals surface area contributed by atoms with Crippen molar-refractivity contribution in [2.45, 2.75) is 25.9 Å². The van der Waals surface area contributed by atoms with Crippen LogP contribution in [0.5, 0.6) is 5.75 Å². The average molecular weight is 339 g/mol. The zero-order chi connectivity index (χ0) is 14.5. The molecule has 0 fully saturated rings. The molecule has 108 valence electrons. The maximum absolute atomic E-state index is 5.76. The van der Waals surface area contributed by atoms with Crippen LogP contribution in [0, 0.1) is 0 Å². The first-order valence-corrected chi connectivity index (χ1v) is 7.31. The number of ether oxygens (including phenoxy) is 1. The van der Waals surface area contributed by atoms with Crippen LogP contribution >= 0.6 is 15.9 Å². The van der Waals surface area contributed by atoms with Gasteiger partial charge >= 0.3 is 0 Å². The molecule has 1 heterocycles. The Balaban J connectivity index is 2.43. The van der Waals surface area contributed by atoms with Crippen molar-refractivity contribution in [1.82, 2.24) is 15.0 Å². The number of hydrogen-bond donors (Lipinski definition) is 2. The number of benzene rings is 1. The summed E-state index contributed by atoms with van der Waals surface area (Å²) in [6.45, 7) is 3.05. The summed E-state index contributed by atoms with van der Waals surface area (Å²) in [6, 6.07) is 5.62. The number of halogens is 1. The van der Waals surface area contributed by atoms with E-state index in [4.69, 9.17) is 10.6 Å². The van der Waals surface area contributed by atoms with Crippen molar-refractivity contribution >= 4 is 15.9 Å². The summed E-state index contributed by atoms with van der Waals surface area (Å²) in [5.41, 5.74) is 3.84. The smallest absolute Gasteiger partial charge is 0.131 e. The average Bonchev–Trinajstić information content (AvgIpc) is 2.90. The summed E-state index contributed by atoms with van der Waals surface area (Å²) in [4.78, 5) is 4.44. The summed E-state index contributed by atoms with van der Waals surface area (Å²) < 4.78 is 8.36. The van der Waals surface area contributed by atoms with Crippen molar-refractivity contribution in [1.29, 1.82) is 0 Å². The molecule has 1 aromatic carbocycles. The van der Waals surface area contributed by atoms with Crippen molar-refractivity contribution in [3.63, 3.8) is 0 Å². The third-order valence-electron chi connectivity index (χ3n) is 3.15. The fourth-order valence-electron chi connectivity index (χ4n) is 2.18. The van der Waals surface area contributed by atoms with Crippen LogP contribution in [0.3, 0.4) is 0 Å². The molecule has 0 saturated heterocycles. The van der Waals surface area contributed by atoms with Crippen molar-refractivity contribution in [3.8, 4) is 5.75 Å². The van der Waals surface area contributed by atoms with E-state index in [1.165, 1.54) is 0 Å². The molecule has 0 saturated carbocycles. The molecule has 1 atom stereocenters. The van der Waals surface area contributed by atoms with Gasteiger partial charge in [-0.3, -0.25) is 5.84 Å². The molecule has 20 heavy (non-hydrogen) atoms. The fraction of sp³-hybridized carbons (Fsp3) is 0.357. The van der Waals surface area contributed by atoms with Gasteiger partial charge in [-0.05, 0) is 30.2 Å². The first-order chi connectivity index (χ1) is 9.71. The minimum atomic E-state index is -0.193. The van der Waals surface area contributed by atoms with Crippen molar-refractivity contribution in [2.24, 2.45) is 5.84 Å². The Hall–Kier alpha value is -1.37. The number of nitrogens with zero attached hydrogens (tertiary/aromatic N) is 2. The number of hydrazine groups is 1. The van der Waals surface area contributed by atoms with E-state index >= 15 is 0 Å². The topological polar surface area (TPSA) is 65.1 Å². The van der Waals surface area contributed by atoms with Crippen LogP contribution in [0.4, 0.5) is 0 Å². The standard InChI is InChI=1S/C14H19BrN4O/c1-3-7-19-8-6-17-14(19)13(18-16)11-9-10(20-2)4-5-12(11)15/h4-6,8-9,13,18H,3,7,16H2,1-2H3. The van der Waals surface area contributed by atoms with Gasteiger partial charge in [0.1, 0.15) is 17.6 Å². The molecule has 0 spiro atoms. The molecule has 3 N–H and O–H groups in total. The largest absolute Gasteiger partial charge is 0.497 e. The van der Waals surface area contributed by atoms with E-state index in [1.54, 1.807) is 13.3 Å². The first kappa shape index (κ1) is 15.0. The fourth-order valence-corrected chi connectivity index (χ4v) is 2.66. The number of methoxy groups -OCH3 is 1. The molecule has 1 aromatic heterocycles. The first-order valence-electron chi connectivity index (χ1n) is 6.51. The number of nitrogens with two attached hydrogens (primary N) is 1. The predicted octanol–water partition coefficient (Wildman–Crippen LogP) is 2.62. The van der Waals surface area contributed by atoms with Crippen LogP contribution in [0.25, 0.3) is 0 Å². The zero-order valence-electron chi connectivity index (χ0n) is 11.6. The van der Waals surface area contributed by atoms with E-state index in [0.29, 0.717) is 0 Å². The molecule has 1 unspecified atom stereocenters. The lowest BCUT2D eigenvalue weighted by Gasteiger charge is -2.19. The predicted molar refractivity (Wildman–Crippen MR) is 82.4 cm³/mol. The third kappa shape index (κ3) is 3.03. The van der Waals surface area contributed by atoms with Gasteiger partial charge in [-0.2, -0.15) is 0 Å². The Morgan fingerprint density at radius 1 is 1.50 bits per heavy atom. The second-order valence-electron chi connectivity index (χ2n) is 4.47. The summed E-state index contributed by atoms with van der Waals surface area (Å²) >= 11 is 3.56. The third-order valence-corrected chi connectivity index (χ3v) is 3.87. The highest BCUT2D eigenvalue weighted by molar-refractivity contribution is 9.10. The second kappa shape index (κ2) is 6.88. The number of aryl methyl sites for hydroxylation is 1. The summed E-state index contributed by atoms with van der Waals surface area (Å²) in [5, 5.41) is 0. The molecule has 5 nitrogen and oxygen atoms in total. The van der Waals surface area contributed by atoms with E-state index in [-0.39, 0.29) is 6.04 Å². The van der Waals surface area contributed by atoms with Crippen LogP contribution in [-0.4, -0.2) is 16.7 Å². The molecule has 2 rings (SSSR count). The summed E-state index contributed by atoms with van der Waals surface area (Å²) in [5.74, 6) is 7.44. The van der Waals surface area contributed by atoms with E-state index < -0.39 is 0 Å². The minimum Gasteiger partial charge on any atom is -0.497 e. The molecular formula is C14H19BrN4O. The number of aromatic nitrogens is 2. The van der Waals surface area contributed by atoms with Crippen LogP contribution in [0.1, 0.15) is 30.8 Å². The van der Waals surface area contributed by atoms with E-state index in [9.17, 15) is 0 Å². The number of imidazole rings is 1. The Labute approximate surface area is 127 Å². The van der Waals surface area contributed by atoms with Crippen LogP contribution in [0.2, 0.25) is 0 Å². The van der Waals surface area contributed by atoms with Gasteiger partial charge in [0.2, 0.25) is 0 Å². The number of nitrogens with one attached hydrogen (secondary N) is 1. The SMILES string of the molecule is CCCn1ccnc1C(NN)c1cc(OC)ccc1Br. The highest BCUT2D eigenvalue weighted by atomic mass is 79.9. The number of rotatable bonds is 6. The quantitative estimate of drug-likeness (QED) is 0.627. The highest BCUT2D eigenvalue weighted by Gasteiger charge is 2.20. The molecule has 0 aliphatic rings. The van der Waals surface area contributed by atoms with Crippen molar-refractivity contribution in [2.75, 3.05) is 7.11 Å². The summed E-state index contributed by atoms with van der Waals surface area (Å²) in [7, 11) is 1.65. The molecule has 0 aliphatic heterocycles. The summed E-state index contributed by atoms with van der Waals surface area (Å²) in [6.07, 6.45) is 4.81. The Bertz CT molecular complexity index is 570. The van der Waals surface area contributed by atoms with Gasteiger partial charge in [-0.1, -0.05) is 22.9 Å². The minimum absolute atomic E-state index is 0.193. The molecule has 0 bridgehead atoms. The number of hydrogen-bond acceptors (Lipinski definition) is 4. The normalized spacial score (nSPS) is 12.4. The van der Waals surface area contributed by atoms with Crippen molar-refractivity contribution < 1.29 is 4.74 Å². The Kier molecular flexibility index (Phi) is 5.17. The monoisotopic (exact) mass is 338 g/mol. The van der Waals surface area contributed by atoms with Crippen LogP contribution in [0.15, 0.2) is 35.1 Å². The van der Waals surface area contributed by atoms with E-state index in [1.807, 2.05) is 24.4 Å². The van der Waals surface area contributed by atoms with Gasteiger partial charge in [0.25, 0.3) is 0 Å². The zero-order valence-corrected chi connectivity index (χ0v) is 13.2. The lowest BCUT2D eigenvalue weighted by Crippen LogP contribution is -2.31. The molecule has 6 heteroatoms. The van der Waals surface area contributed by atoms with Crippen LogP contribution in [-0.2, 0) is 6.54 Å². The second-order valence-corrected chi connectivity index (χ2v) is 5.32. The van der Waals surface area contributed by atoms with Gasteiger partial charge in [-0.15, -0.1) is 0 Å². The van der Waals surface area contributed by atoms with Gasteiger partial charge in [0.05, 0.1) is 7.11 Å².